The van der Waals surface area contributed by atoms with Crippen molar-refractivity contribution in [2.24, 2.45) is 5.73 Å². The van der Waals surface area contributed by atoms with Gasteiger partial charge in [0, 0.05) is 25.0 Å². The normalized spacial score (nSPS) is 20.1. The van der Waals surface area contributed by atoms with Gasteiger partial charge in [-0.15, -0.1) is 12.4 Å². The second-order valence-electron chi connectivity index (χ2n) is 6.23. The van der Waals surface area contributed by atoms with Gasteiger partial charge in [-0.1, -0.05) is 0 Å². The van der Waals surface area contributed by atoms with E-state index in [1.54, 1.807) is 12.1 Å². The Balaban J connectivity index is 0.00000338. The molecule has 1 aromatic carbocycles. The van der Waals surface area contributed by atoms with Gasteiger partial charge in [0.05, 0.1) is 11.5 Å². The molecule has 0 unspecified atom stereocenters. The van der Waals surface area contributed by atoms with Gasteiger partial charge >= 0.3 is 0 Å². The van der Waals surface area contributed by atoms with Gasteiger partial charge in [0.1, 0.15) is 5.75 Å². The van der Waals surface area contributed by atoms with Crippen LogP contribution in [0, 0.1) is 0 Å². The first-order valence-corrected chi connectivity index (χ1v) is 10.2. The molecule has 0 aromatic heterocycles. The second-order valence-corrected chi connectivity index (χ2v) is 8.00. The van der Waals surface area contributed by atoms with Crippen LogP contribution >= 0.6 is 12.4 Å². The fraction of sp³-hybridized carbons (Fsp3) is 0.588. The lowest BCUT2D eigenvalue weighted by Gasteiger charge is -2.26. The van der Waals surface area contributed by atoms with E-state index in [0.717, 1.165) is 25.7 Å². The van der Waals surface area contributed by atoms with E-state index in [0.29, 0.717) is 12.4 Å². The van der Waals surface area contributed by atoms with Crippen molar-refractivity contribution >= 4 is 28.3 Å². The summed E-state index contributed by atoms with van der Waals surface area (Å²) in [7, 11) is -3.63. The van der Waals surface area contributed by atoms with E-state index in [1.807, 2.05) is 6.92 Å². The zero-order valence-electron chi connectivity index (χ0n) is 14.9. The summed E-state index contributed by atoms with van der Waals surface area (Å²) in [6.07, 6.45) is 3.69. The summed E-state index contributed by atoms with van der Waals surface area (Å²) < 4.78 is 32.2. The Labute approximate surface area is 161 Å². The predicted octanol–water partition coefficient (Wildman–Crippen LogP) is 1.56. The SMILES string of the molecule is CCOc1ccc(S(=O)(=O)NCCC(=O)NC2CCC(N)CC2)cc1.Cl. The number of sulfonamides is 1. The van der Waals surface area contributed by atoms with Crippen LogP contribution in [0.4, 0.5) is 0 Å². The van der Waals surface area contributed by atoms with E-state index in [9.17, 15) is 13.2 Å². The third-order valence-electron chi connectivity index (χ3n) is 4.23. The number of hydrogen-bond donors (Lipinski definition) is 3. The van der Waals surface area contributed by atoms with Crippen LogP contribution in [0.15, 0.2) is 29.2 Å². The average Bonchev–Trinajstić information content (AvgIpc) is 2.57. The summed E-state index contributed by atoms with van der Waals surface area (Å²) in [5, 5.41) is 2.94. The number of ether oxygens (including phenoxy) is 1. The van der Waals surface area contributed by atoms with Crippen LogP contribution in [0.1, 0.15) is 39.0 Å². The number of nitrogens with one attached hydrogen (secondary N) is 2. The van der Waals surface area contributed by atoms with Gasteiger partial charge < -0.3 is 15.8 Å². The van der Waals surface area contributed by atoms with E-state index < -0.39 is 10.0 Å². The van der Waals surface area contributed by atoms with Gasteiger partial charge in [-0.05, 0) is 56.9 Å². The number of amides is 1. The monoisotopic (exact) mass is 405 g/mol. The van der Waals surface area contributed by atoms with Crippen LogP contribution < -0.4 is 20.5 Å². The maximum Gasteiger partial charge on any atom is 0.240 e. The Hall–Kier alpha value is -1.35. The van der Waals surface area contributed by atoms with Crippen molar-refractivity contribution in [2.75, 3.05) is 13.2 Å². The smallest absolute Gasteiger partial charge is 0.240 e. The van der Waals surface area contributed by atoms with Gasteiger partial charge in [-0.3, -0.25) is 4.79 Å². The molecule has 0 bridgehead atoms. The predicted molar refractivity (Wildman–Crippen MR) is 103 cm³/mol. The molecule has 1 saturated carbocycles. The van der Waals surface area contributed by atoms with Crippen molar-refractivity contribution in [2.45, 2.75) is 56.0 Å². The van der Waals surface area contributed by atoms with E-state index in [4.69, 9.17) is 10.5 Å². The summed E-state index contributed by atoms with van der Waals surface area (Å²) in [6.45, 7) is 2.44. The molecule has 1 aliphatic carbocycles. The van der Waals surface area contributed by atoms with Gasteiger partial charge in [0.25, 0.3) is 0 Å². The molecular weight excluding hydrogens is 378 g/mol. The largest absolute Gasteiger partial charge is 0.494 e. The van der Waals surface area contributed by atoms with Crippen LogP contribution in [-0.4, -0.2) is 39.6 Å². The van der Waals surface area contributed by atoms with Crippen LogP contribution in [0.3, 0.4) is 0 Å². The Morgan fingerprint density at radius 2 is 1.81 bits per heavy atom. The van der Waals surface area contributed by atoms with Gasteiger partial charge in [0.2, 0.25) is 15.9 Å². The lowest BCUT2D eigenvalue weighted by Crippen LogP contribution is -2.41. The Morgan fingerprint density at radius 3 is 2.38 bits per heavy atom. The molecular formula is C17H28ClN3O4S. The topological polar surface area (TPSA) is 111 Å². The summed E-state index contributed by atoms with van der Waals surface area (Å²) in [4.78, 5) is 12.1. The molecule has 9 heteroatoms. The minimum Gasteiger partial charge on any atom is -0.494 e. The molecule has 7 nitrogen and oxygen atoms in total. The summed E-state index contributed by atoms with van der Waals surface area (Å²) in [5.41, 5.74) is 5.84. The lowest BCUT2D eigenvalue weighted by molar-refractivity contribution is -0.121. The number of benzene rings is 1. The highest BCUT2D eigenvalue weighted by atomic mass is 35.5. The summed E-state index contributed by atoms with van der Waals surface area (Å²) in [6, 6.07) is 6.57. The first-order valence-electron chi connectivity index (χ1n) is 8.68. The van der Waals surface area contributed by atoms with Crippen LogP contribution in [0.25, 0.3) is 0 Å². The molecule has 4 N–H and O–H groups in total. The fourth-order valence-corrected chi connectivity index (χ4v) is 3.86. The van der Waals surface area contributed by atoms with Crippen molar-refractivity contribution in [3.8, 4) is 5.75 Å². The lowest BCUT2D eigenvalue weighted by atomic mass is 9.92. The number of carbonyl (C=O) groups is 1. The van der Waals surface area contributed by atoms with Crippen LogP contribution in [0.5, 0.6) is 5.75 Å². The standard InChI is InChI=1S/C17H27N3O4S.ClH/c1-2-24-15-7-9-16(10-8-15)25(22,23)19-12-11-17(21)20-14-5-3-13(18)4-6-14;/h7-10,13-14,19H,2-6,11-12,18H2,1H3,(H,20,21);1H. The fourth-order valence-electron chi connectivity index (χ4n) is 2.83. The molecule has 26 heavy (non-hydrogen) atoms. The zero-order valence-corrected chi connectivity index (χ0v) is 16.6. The highest BCUT2D eigenvalue weighted by molar-refractivity contribution is 7.89. The molecule has 0 saturated heterocycles. The first kappa shape index (κ1) is 22.7. The van der Waals surface area contributed by atoms with Crippen molar-refractivity contribution in [1.29, 1.82) is 0 Å². The van der Waals surface area contributed by atoms with Gasteiger partial charge in [0.15, 0.2) is 0 Å². The number of rotatable bonds is 8. The highest BCUT2D eigenvalue weighted by Gasteiger charge is 2.20. The molecule has 1 aliphatic rings. The maximum atomic E-state index is 12.2. The number of halogens is 1. The number of carbonyl (C=O) groups excluding carboxylic acids is 1. The van der Waals surface area contributed by atoms with Crippen molar-refractivity contribution in [3.63, 3.8) is 0 Å². The van der Waals surface area contributed by atoms with Crippen molar-refractivity contribution < 1.29 is 17.9 Å². The molecule has 0 aliphatic heterocycles. The Bertz CT molecular complexity index is 659. The van der Waals surface area contributed by atoms with E-state index in [-0.39, 0.29) is 48.3 Å². The summed E-state index contributed by atoms with van der Waals surface area (Å²) >= 11 is 0. The van der Waals surface area contributed by atoms with E-state index in [1.165, 1.54) is 12.1 Å². The van der Waals surface area contributed by atoms with Crippen LogP contribution in [0.2, 0.25) is 0 Å². The number of hydrogen-bond acceptors (Lipinski definition) is 5. The van der Waals surface area contributed by atoms with Gasteiger partial charge in [-0.25, -0.2) is 13.1 Å². The summed E-state index contributed by atoms with van der Waals surface area (Å²) in [5.74, 6) is 0.475. The number of nitrogens with two attached hydrogens (primary N) is 1. The molecule has 1 fully saturated rings. The molecule has 0 heterocycles. The third kappa shape index (κ3) is 7.11. The van der Waals surface area contributed by atoms with Crippen LogP contribution in [-0.2, 0) is 14.8 Å². The molecule has 1 amide bonds. The second kappa shape index (κ2) is 10.7. The Morgan fingerprint density at radius 1 is 1.19 bits per heavy atom. The highest BCUT2D eigenvalue weighted by Crippen LogP contribution is 2.17. The molecule has 0 radical (unpaired) electrons. The van der Waals surface area contributed by atoms with Crippen molar-refractivity contribution in [3.05, 3.63) is 24.3 Å². The third-order valence-corrected chi connectivity index (χ3v) is 5.70. The molecule has 1 aromatic rings. The average molecular weight is 406 g/mol. The minimum atomic E-state index is -3.63. The van der Waals surface area contributed by atoms with E-state index >= 15 is 0 Å². The van der Waals surface area contributed by atoms with Gasteiger partial charge in [-0.2, -0.15) is 0 Å². The molecule has 0 atom stereocenters. The maximum absolute atomic E-state index is 12.2. The molecule has 2 rings (SSSR count). The van der Waals surface area contributed by atoms with Crippen molar-refractivity contribution in [1.82, 2.24) is 10.0 Å². The molecule has 148 valence electrons. The van der Waals surface area contributed by atoms with E-state index in [2.05, 4.69) is 10.0 Å². The molecule has 0 spiro atoms. The Kier molecular flexibility index (Phi) is 9.35. The first-order chi connectivity index (χ1) is 11.9. The minimum absolute atomic E-state index is 0. The zero-order chi connectivity index (χ0) is 18.3. The quantitative estimate of drug-likeness (QED) is 0.607.